The van der Waals surface area contributed by atoms with E-state index >= 15 is 0 Å². The first kappa shape index (κ1) is 14.1. The van der Waals surface area contributed by atoms with Gasteiger partial charge < -0.3 is 5.73 Å². The fourth-order valence-corrected chi connectivity index (χ4v) is 3.54. The molecule has 0 aromatic heterocycles. The van der Waals surface area contributed by atoms with Crippen molar-refractivity contribution in [1.82, 2.24) is 0 Å². The van der Waals surface area contributed by atoms with Crippen molar-refractivity contribution in [1.29, 1.82) is 0 Å². The minimum Gasteiger partial charge on any atom is -0.399 e. The molecule has 6 heteroatoms. The largest absolute Gasteiger partial charge is 0.399 e. The first-order chi connectivity index (χ1) is 8.88. The quantitative estimate of drug-likeness (QED) is 0.627. The number of halogens is 1. The van der Waals surface area contributed by atoms with Crippen LogP contribution in [-0.4, -0.2) is 8.42 Å². The zero-order valence-electron chi connectivity index (χ0n) is 10.2. The van der Waals surface area contributed by atoms with Crippen molar-refractivity contribution in [2.45, 2.75) is 11.8 Å². The van der Waals surface area contributed by atoms with E-state index in [2.05, 4.69) is 27.3 Å². The van der Waals surface area contributed by atoms with Crippen LogP contribution in [0.4, 0.5) is 11.4 Å². The maximum absolute atomic E-state index is 12.3. The average Bonchev–Trinajstić information content (AvgIpc) is 2.31. The Hall–Kier alpha value is -1.28. The van der Waals surface area contributed by atoms with Crippen LogP contribution in [0.5, 0.6) is 0 Å². The van der Waals surface area contributed by atoms with Crippen LogP contribution in [0, 0.1) is 10.5 Å². The highest BCUT2D eigenvalue weighted by Gasteiger charge is 2.17. The fourth-order valence-electron chi connectivity index (χ4n) is 1.67. The fraction of sp³-hybridized carbons (Fsp3) is 0.0769. The van der Waals surface area contributed by atoms with Gasteiger partial charge in [-0.15, -0.1) is 0 Å². The van der Waals surface area contributed by atoms with Gasteiger partial charge in [0.15, 0.2) is 0 Å². The van der Waals surface area contributed by atoms with Crippen LogP contribution in [0.25, 0.3) is 0 Å². The van der Waals surface area contributed by atoms with Crippen LogP contribution in [0.1, 0.15) is 5.56 Å². The lowest BCUT2D eigenvalue weighted by Crippen LogP contribution is -2.14. The third kappa shape index (κ3) is 3.38. The Balaban J connectivity index is 2.40. The molecule has 100 valence electrons. The van der Waals surface area contributed by atoms with Crippen molar-refractivity contribution in [2.75, 3.05) is 10.5 Å². The van der Waals surface area contributed by atoms with E-state index in [1.54, 1.807) is 37.3 Å². The molecule has 2 aromatic carbocycles. The Morgan fingerprint density at radius 1 is 1.16 bits per heavy atom. The van der Waals surface area contributed by atoms with Crippen LogP contribution in [-0.2, 0) is 10.0 Å². The maximum atomic E-state index is 12.3. The van der Waals surface area contributed by atoms with Crippen LogP contribution >= 0.6 is 22.6 Å². The minimum absolute atomic E-state index is 0.200. The number of hydrogen-bond acceptors (Lipinski definition) is 3. The first-order valence-corrected chi connectivity index (χ1v) is 8.09. The highest BCUT2D eigenvalue weighted by Crippen LogP contribution is 2.22. The molecular weight excluding hydrogens is 375 g/mol. The van der Waals surface area contributed by atoms with Crippen molar-refractivity contribution in [3.63, 3.8) is 0 Å². The van der Waals surface area contributed by atoms with E-state index in [1.165, 1.54) is 6.07 Å². The Morgan fingerprint density at radius 2 is 1.89 bits per heavy atom. The predicted octanol–water partition coefficient (Wildman–Crippen LogP) is 2.98. The average molecular weight is 388 g/mol. The van der Waals surface area contributed by atoms with Crippen LogP contribution < -0.4 is 10.5 Å². The van der Waals surface area contributed by atoms with E-state index in [9.17, 15) is 8.42 Å². The lowest BCUT2D eigenvalue weighted by Gasteiger charge is -2.11. The summed E-state index contributed by atoms with van der Waals surface area (Å²) in [4.78, 5) is 0.200. The molecule has 2 rings (SSSR count). The number of hydrogen-bond donors (Lipinski definition) is 2. The molecule has 2 aromatic rings. The monoisotopic (exact) mass is 388 g/mol. The second-order valence-corrected chi connectivity index (χ2v) is 7.04. The summed E-state index contributed by atoms with van der Waals surface area (Å²) in [6, 6.07) is 12.0. The molecule has 19 heavy (non-hydrogen) atoms. The molecular formula is C13H13IN2O2S. The number of sulfonamides is 1. The zero-order valence-corrected chi connectivity index (χ0v) is 13.2. The van der Waals surface area contributed by atoms with E-state index in [-0.39, 0.29) is 4.90 Å². The standard InChI is InChI=1S/C13H13IN2O2S/c1-9-5-6-11(15)8-13(9)19(17,18)16-12-4-2-3-10(14)7-12/h2-8,16H,15H2,1H3. The second-order valence-electron chi connectivity index (χ2n) is 4.14. The van der Waals surface area contributed by atoms with Gasteiger partial charge in [0.25, 0.3) is 10.0 Å². The van der Waals surface area contributed by atoms with Gasteiger partial charge in [0.05, 0.1) is 4.90 Å². The third-order valence-electron chi connectivity index (χ3n) is 2.58. The lowest BCUT2D eigenvalue weighted by atomic mass is 10.2. The van der Waals surface area contributed by atoms with Gasteiger partial charge in [-0.05, 0) is 65.4 Å². The molecule has 0 saturated carbocycles. The summed E-state index contributed by atoms with van der Waals surface area (Å²) in [5.74, 6) is 0. The molecule has 0 aliphatic heterocycles. The molecule has 0 bridgehead atoms. The van der Waals surface area contributed by atoms with Crippen LogP contribution in [0.3, 0.4) is 0 Å². The molecule has 0 amide bonds. The van der Waals surface area contributed by atoms with Gasteiger partial charge in [-0.3, -0.25) is 4.72 Å². The van der Waals surface area contributed by atoms with Gasteiger partial charge in [-0.25, -0.2) is 8.42 Å². The summed E-state index contributed by atoms with van der Waals surface area (Å²) >= 11 is 2.13. The van der Waals surface area contributed by atoms with Crippen molar-refractivity contribution in [2.24, 2.45) is 0 Å². The van der Waals surface area contributed by atoms with Crippen molar-refractivity contribution >= 4 is 44.0 Å². The summed E-state index contributed by atoms with van der Waals surface area (Å²) in [6.07, 6.45) is 0. The van der Waals surface area contributed by atoms with Gasteiger partial charge in [0.1, 0.15) is 0 Å². The number of anilines is 2. The molecule has 0 aliphatic carbocycles. The maximum Gasteiger partial charge on any atom is 0.262 e. The van der Waals surface area contributed by atoms with E-state index in [4.69, 9.17) is 5.73 Å². The van der Waals surface area contributed by atoms with Gasteiger partial charge in [0, 0.05) is 14.9 Å². The number of rotatable bonds is 3. The Bertz CT molecular complexity index is 714. The first-order valence-electron chi connectivity index (χ1n) is 5.53. The van der Waals surface area contributed by atoms with Crippen molar-refractivity contribution < 1.29 is 8.42 Å². The topological polar surface area (TPSA) is 72.2 Å². The smallest absolute Gasteiger partial charge is 0.262 e. The normalized spacial score (nSPS) is 11.3. The Kier molecular flexibility index (Phi) is 4.00. The number of nitrogens with one attached hydrogen (secondary N) is 1. The highest BCUT2D eigenvalue weighted by molar-refractivity contribution is 14.1. The van der Waals surface area contributed by atoms with E-state index < -0.39 is 10.0 Å². The lowest BCUT2D eigenvalue weighted by molar-refractivity contribution is 0.600. The van der Waals surface area contributed by atoms with Crippen molar-refractivity contribution in [3.05, 3.63) is 51.6 Å². The van der Waals surface area contributed by atoms with Crippen molar-refractivity contribution in [3.8, 4) is 0 Å². The SMILES string of the molecule is Cc1ccc(N)cc1S(=O)(=O)Nc1cccc(I)c1. The number of nitrogen functional groups attached to an aromatic ring is 1. The Morgan fingerprint density at radius 3 is 2.58 bits per heavy atom. The summed E-state index contributed by atoms with van der Waals surface area (Å²) in [5, 5.41) is 0. The molecule has 4 nitrogen and oxygen atoms in total. The molecule has 0 heterocycles. The number of aryl methyl sites for hydroxylation is 1. The predicted molar refractivity (Wildman–Crippen MR) is 85.6 cm³/mol. The summed E-state index contributed by atoms with van der Waals surface area (Å²) in [5.41, 5.74) is 7.27. The van der Waals surface area contributed by atoms with E-state index in [0.717, 1.165) is 3.57 Å². The van der Waals surface area contributed by atoms with E-state index in [1.807, 2.05) is 6.07 Å². The third-order valence-corrected chi connectivity index (χ3v) is 4.77. The zero-order chi connectivity index (χ0) is 14.0. The molecule has 0 spiro atoms. The Labute approximate surface area is 126 Å². The van der Waals surface area contributed by atoms with Gasteiger partial charge in [-0.1, -0.05) is 12.1 Å². The summed E-state index contributed by atoms with van der Waals surface area (Å²) < 4.78 is 28.1. The summed E-state index contributed by atoms with van der Waals surface area (Å²) in [7, 11) is -3.62. The molecule has 0 atom stereocenters. The summed E-state index contributed by atoms with van der Waals surface area (Å²) in [6.45, 7) is 1.74. The molecule has 0 radical (unpaired) electrons. The second kappa shape index (κ2) is 5.38. The van der Waals surface area contributed by atoms with E-state index in [0.29, 0.717) is 16.9 Å². The van der Waals surface area contributed by atoms with Crippen LogP contribution in [0.2, 0.25) is 0 Å². The number of benzene rings is 2. The molecule has 0 unspecified atom stereocenters. The highest BCUT2D eigenvalue weighted by atomic mass is 127. The minimum atomic E-state index is -3.62. The van der Waals surface area contributed by atoms with Gasteiger partial charge >= 0.3 is 0 Å². The van der Waals surface area contributed by atoms with Crippen LogP contribution in [0.15, 0.2) is 47.4 Å². The molecule has 3 N–H and O–H groups in total. The van der Waals surface area contributed by atoms with Gasteiger partial charge in [0.2, 0.25) is 0 Å². The number of nitrogens with two attached hydrogens (primary N) is 1. The molecule has 0 saturated heterocycles. The van der Waals surface area contributed by atoms with Gasteiger partial charge in [-0.2, -0.15) is 0 Å². The molecule has 0 aliphatic rings. The molecule has 0 fully saturated rings.